The van der Waals surface area contributed by atoms with Gasteiger partial charge in [0.15, 0.2) is 0 Å². The zero-order valence-electron chi connectivity index (χ0n) is 12.7. The average Bonchev–Trinajstić information content (AvgIpc) is 2.90. The number of amides is 1. The summed E-state index contributed by atoms with van der Waals surface area (Å²) in [6.45, 7) is 7.66. The summed E-state index contributed by atoms with van der Waals surface area (Å²) in [5, 5.41) is 2.73. The van der Waals surface area contributed by atoms with Crippen molar-refractivity contribution >= 4 is 23.1 Å². The second-order valence-corrected chi connectivity index (χ2v) is 6.79. The Labute approximate surface area is 129 Å². The van der Waals surface area contributed by atoms with Gasteiger partial charge in [0.2, 0.25) is 0 Å². The van der Waals surface area contributed by atoms with E-state index in [4.69, 9.17) is 4.74 Å². The third-order valence-electron chi connectivity index (χ3n) is 2.93. The van der Waals surface area contributed by atoms with Crippen LogP contribution in [-0.2, 0) is 4.74 Å². The Morgan fingerprint density at radius 1 is 1.29 bits per heavy atom. The molecule has 1 heterocycles. The van der Waals surface area contributed by atoms with E-state index in [1.165, 1.54) is 10.4 Å². The maximum absolute atomic E-state index is 11.7. The van der Waals surface area contributed by atoms with E-state index in [1.807, 2.05) is 56.7 Å². The van der Waals surface area contributed by atoms with Crippen LogP contribution in [0.5, 0.6) is 0 Å². The summed E-state index contributed by atoms with van der Waals surface area (Å²) in [6.07, 6.45) is 1.45. The van der Waals surface area contributed by atoms with Crippen LogP contribution < -0.4 is 5.32 Å². The van der Waals surface area contributed by atoms with E-state index in [1.54, 1.807) is 11.3 Å². The average molecular weight is 304 g/mol. The topological polar surface area (TPSA) is 51.2 Å². The van der Waals surface area contributed by atoms with Gasteiger partial charge in [-0.1, -0.05) is 19.1 Å². The van der Waals surface area contributed by atoms with Gasteiger partial charge in [-0.3, -0.25) is 10.3 Å². The van der Waals surface area contributed by atoms with Crippen LogP contribution in [0.2, 0.25) is 0 Å². The van der Waals surface area contributed by atoms with Crippen LogP contribution in [0.25, 0.3) is 0 Å². The Kier molecular flexibility index (Phi) is 4.63. The van der Waals surface area contributed by atoms with E-state index in [0.717, 1.165) is 5.69 Å². The second-order valence-electron chi connectivity index (χ2n) is 5.87. The zero-order valence-corrected chi connectivity index (χ0v) is 13.5. The number of hydrogen-bond acceptors (Lipinski definition) is 4. The van der Waals surface area contributed by atoms with Crippen LogP contribution in [0.15, 0.2) is 36.0 Å². The molecule has 5 heteroatoms. The van der Waals surface area contributed by atoms with Crippen molar-refractivity contribution in [3.63, 3.8) is 0 Å². The van der Waals surface area contributed by atoms with Crippen molar-refractivity contribution in [2.75, 3.05) is 5.32 Å². The second kappa shape index (κ2) is 6.26. The maximum Gasteiger partial charge on any atom is 0.412 e. The van der Waals surface area contributed by atoms with Gasteiger partial charge in [0.05, 0.1) is 5.51 Å². The maximum atomic E-state index is 11.7. The van der Waals surface area contributed by atoms with Crippen LogP contribution in [0.1, 0.15) is 44.1 Å². The molecule has 21 heavy (non-hydrogen) atoms. The number of rotatable bonds is 3. The number of carbonyl (C=O) groups excluding carboxylic acids is 1. The summed E-state index contributed by atoms with van der Waals surface area (Å²) in [5.74, 6) is 0.299. The predicted octanol–water partition coefficient (Wildman–Crippen LogP) is 4.64. The zero-order chi connectivity index (χ0) is 15.5. The van der Waals surface area contributed by atoms with Crippen molar-refractivity contribution in [3.05, 3.63) is 46.4 Å². The van der Waals surface area contributed by atoms with Gasteiger partial charge in [0, 0.05) is 22.7 Å². The minimum atomic E-state index is -0.495. The molecule has 1 aromatic carbocycles. The molecule has 4 nitrogen and oxygen atoms in total. The number of nitrogens with one attached hydrogen (secondary N) is 1. The molecule has 0 aliphatic carbocycles. The Hall–Kier alpha value is -1.88. The number of nitrogens with zero attached hydrogens (tertiary/aromatic N) is 1. The highest BCUT2D eigenvalue weighted by Gasteiger charge is 2.16. The van der Waals surface area contributed by atoms with Crippen molar-refractivity contribution < 1.29 is 9.53 Å². The molecular formula is C16H20N2O2S. The molecule has 0 spiro atoms. The molecule has 1 aromatic heterocycles. The lowest BCUT2D eigenvalue weighted by Gasteiger charge is -2.19. The van der Waals surface area contributed by atoms with Gasteiger partial charge in [0.1, 0.15) is 5.60 Å². The smallest absolute Gasteiger partial charge is 0.412 e. The molecule has 112 valence electrons. The van der Waals surface area contributed by atoms with Crippen LogP contribution in [0, 0.1) is 0 Å². The summed E-state index contributed by atoms with van der Waals surface area (Å²) in [5.41, 5.74) is 3.26. The first kappa shape index (κ1) is 15.5. The fourth-order valence-electron chi connectivity index (χ4n) is 1.88. The van der Waals surface area contributed by atoms with Crippen LogP contribution in [0.4, 0.5) is 10.5 Å². The van der Waals surface area contributed by atoms with E-state index in [-0.39, 0.29) is 0 Å². The molecule has 0 bridgehead atoms. The molecule has 0 radical (unpaired) electrons. The minimum Gasteiger partial charge on any atom is -0.444 e. The quantitative estimate of drug-likeness (QED) is 0.898. The third kappa shape index (κ3) is 4.56. The molecule has 1 N–H and O–H groups in total. The number of hydrogen-bond donors (Lipinski definition) is 1. The highest BCUT2D eigenvalue weighted by atomic mass is 32.1. The van der Waals surface area contributed by atoms with Gasteiger partial charge in [-0.25, -0.2) is 4.79 Å². The number of carbonyl (C=O) groups is 1. The van der Waals surface area contributed by atoms with Gasteiger partial charge in [0.25, 0.3) is 0 Å². The molecular weight excluding hydrogens is 284 g/mol. The molecule has 1 amide bonds. The van der Waals surface area contributed by atoms with Crippen molar-refractivity contribution in [1.29, 1.82) is 0 Å². The molecule has 0 saturated carbocycles. The highest BCUT2D eigenvalue weighted by molar-refractivity contribution is 7.09. The summed E-state index contributed by atoms with van der Waals surface area (Å²) in [7, 11) is 0. The van der Waals surface area contributed by atoms with Crippen molar-refractivity contribution in [3.8, 4) is 0 Å². The monoisotopic (exact) mass is 304 g/mol. The first-order chi connectivity index (χ1) is 9.85. The lowest BCUT2D eigenvalue weighted by atomic mass is 10.00. The standard InChI is InChI=1S/C16H20N2O2S/c1-11(14-9-17-10-21-14)12-5-7-13(8-6-12)18-15(19)20-16(2,3)4/h5-11H,1-4H3,(H,18,19)/t11-/m0/s1. The number of thiazole rings is 1. The largest absolute Gasteiger partial charge is 0.444 e. The van der Waals surface area contributed by atoms with Crippen LogP contribution in [-0.4, -0.2) is 16.7 Å². The molecule has 1 atom stereocenters. The van der Waals surface area contributed by atoms with Gasteiger partial charge in [-0.15, -0.1) is 11.3 Å². The third-order valence-corrected chi connectivity index (χ3v) is 3.89. The number of anilines is 1. The molecule has 0 unspecified atom stereocenters. The summed E-state index contributed by atoms with van der Waals surface area (Å²) in [4.78, 5) is 17.0. The SMILES string of the molecule is C[C@@H](c1ccc(NC(=O)OC(C)(C)C)cc1)c1cncs1. The van der Waals surface area contributed by atoms with E-state index in [9.17, 15) is 4.79 Å². The van der Waals surface area contributed by atoms with Gasteiger partial charge in [-0.2, -0.15) is 0 Å². The number of benzene rings is 1. The Morgan fingerprint density at radius 2 is 1.95 bits per heavy atom. The highest BCUT2D eigenvalue weighted by Crippen LogP contribution is 2.27. The van der Waals surface area contributed by atoms with Gasteiger partial charge >= 0.3 is 6.09 Å². The Bertz CT molecular complexity index is 586. The Balaban J connectivity index is 2.01. The molecule has 0 aliphatic rings. The molecule has 0 aliphatic heterocycles. The van der Waals surface area contributed by atoms with Crippen molar-refractivity contribution in [2.45, 2.75) is 39.2 Å². The van der Waals surface area contributed by atoms with Gasteiger partial charge in [-0.05, 0) is 38.5 Å². The molecule has 0 saturated heterocycles. The number of ether oxygens (including phenoxy) is 1. The van der Waals surface area contributed by atoms with E-state index >= 15 is 0 Å². The molecule has 0 fully saturated rings. The first-order valence-electron chi connectivity index (χ1n) is 6.83. The van der Waals surface area contributed by atoms with E-state index < -0.39 is 11.7 Å². The predicted molar refractivity (Wildman–Crippen MR) is 85.9 cm³/mol. The van der Waals surface area contributed by atoms with Crippen molar-refractivity contribution in [2.24, 2.45) is 0 Å². The Morgan fingerprint density at radius 3 is 2.48 bits per heavy atom. The van der Waals surface area contributed by atoms with Gasteiger partial charge < -0.3 is 4.74 Å². The lowest BCUT2D eigenvalue weighted by Crippen LogP contribution is -2.27. The summed E-state index contributed by atoms with van der Waals surface area (Å²) < 4.78 is 5.22. The normalized spacial score (nSPS) is 12.8. The van der Waals surface area contributed by atoms with Crippen LogP contribution >= 0.6 is 11.3 Å². The summed E-state index contributed by atoms with van der Waals surface area (Å²) in [6, 6.07) is 7.79. The number of aromatic nitrogens is 1. The van der Waals surface area contributed by atoms with Crippen LogP contribution in [0.3, 0.4) is 0 Å². The molecule has 2 aromatic rings. The fourth-order valence-corrected chi connectivity index (χ4v) is 2.59. The fraction of sp³-hybridized carbons (Fsp3) is 0.375. The molecule has 2 rings (SSSR count). The van der Waals surface area contributed by atoms with E-state index in [2.05, 4.69) is 17.2 Å². The lowest BCUT2D eigenvalue weighted by molar-refractivity contribution is 0.0636. The summed E-state index contributed by atoms with van der Waals surface area (Å²) >= 11 is 1.65. The first-order valence-corrected chi connectivity index (χ1v) is 7.71. The van der Waals surface area contributed by atoms with Crippen molar-refractivity contribution in [1.82, 2.24) is 4.98 Å². The minimum absolute atomic E-state index is 0.299. The van der Waals surface area contributed by atoms with E-state index in [0.29, 0.717) is 5.92 Å².